The van der Waals surface area contributed by atoms with Gasteiger partial charge in [-0.25, -0.2) is 0 Å². The summed E-state index contributed by atoms with van der Waals surface area (Å²) < 4.78 is 86.4. The average molecular weight is 730 g/mol. The lowest BCUT2D eigenvalue weighted by molar-refractivity contribution is -0.384. The molecule has 0 aliphatic rings. The van der Waals surface area contributed by atoms with Gasteiger partial charge in [0.05, 0.1) is 43.5 Å². The van der Waals surface area contributed by atoms with Crippen molar-refractivity contribution in [1.29, 1.82) is 0 Å². The van der Waals surface area contributed by atoms with E-state index in [0.717, 1.165) is 23.0 Å². The number of fused-ring (bicyclic) bond motifs is 1. The Morgan fingerprint density at radius 3 is 1.80 bits per heavy atom. The van der Waals surface area contributed by atoms with Crippen molar-refractivity contribution < 1.29 is 66.6 Å². The van der Waals surface area contributed by atoms with Crippen molar-refractivity contribution in [2.75, 3.05) is 14.2 Å². The lowest BCUT2D eigenvalue weighted by Gasteiger charge is -2.10. The molecule has 7 N–H and O–H groups in total. The standard InChI is InChI=1S/C15H12F3N3O5.C15H12F3N3O3.H2O/c1-26-10-4-8(7-22)14(23)12(6-10)20-19-11-3-2-9(15(16,17)18)5-13(11)21(24)25;1-24-10-4-8(7-22)14(23)13(6-10)21-19-11-3-2-9(15(16,17)18)5-12(11)20-21;/h2-6,22-23H,7H2,1H3;2-6,22-23H,7H2,1H3;1H2/p+1. The Hall–Kier alpha value is -6.06. The summed E-state index contributed by atoms with van der Waals surface area (Å²) in [6, 6.07) is 10.2. The van der Waals surface area contributed by atoms with E-state index < -0.39 is 58.7 Å². The van der Waals surface area contributed by atoms with Crippen LogP contribution < -0.4 is 9.47 Å². The zero-order valence-corrected chi connectivity index (χ0v) is 26.1. The summed E-state index contributed by atoms with van der Waals surface area (Å²) in [4.78, 5) is 11.0. The van der Waals surface area contributed by atoms with Gasteiger partial charge in [0.25, 0.3) is 5.69 Å². The van der Waals surface area contributed by atoms with Crippen LogP contribution in [0.2, 0.25) is 0 Å². The van der Waals surface area contributed by atoms with Crippen molar-refractivity contribution in [3.8, 4) is 28.7 Å². The van der Waals surface area contributed by atoms with Crippen LogP contribution in [0.4, 0.5) is 43.4 Å². The maximum atomic E-state index is 12.8. The van der Waals surface area contributed by atoms with Gasteiger partial charge in [-0.2, -0.15) is 26.3 Å². The van der Waals surface area contributed by atoms with Crippen LogP contribution in [0.15, 0.2) is 70.9 Å². The minimum Gasteiger partial charge on any atom is -0.505 e. The van der Waals surface area contributed by atoms with Crippen molar-refractivity contribution in [2.24, 2.45) is 10.2 Å². The van der Waals surface area contributed by atoms with Gasteiger partial charge in [-0.05, 0) is 42.5 Å². The normalized spacial score (nSPS) is 11.6. The fourth-order valence-corrected chi connectivity index (χ4v) is 4.24. The fourth-order valence-electron chi connectivity index (χ4n) is 4.24. The molecular weight excluding hydrogens is 702 g/mol. The second-order valence-corrected chi connectivity index (χ2v) is 9.97. The third kappa shape index (κ3) is 8.95. The highest BCUT2D eigenvalue weighted by Crippen LogP contribution is 2.40. The Bertz CT molecular complexity index is 2070. The molecule has 0 aliphatic carbocycles. The van der Waals surface area contributed by atoms with E-state index in [1.165, 1.54) is 44.6 Å². The Labute approximate surface area is 281 Å². The van der Waals surface area contributed by atoms with Crippen LogP contribution in [-0.2, 0) is 31.0 Å². The van der Waals surface area contributed by atoms with Gasteiger partial charge in [-0.1, -0.05) is 0 Å². The number of phenols is 2. The number of aliphatic hydroxyl groups is 2. The van der Waals surface area contributed by atoms with Crippen LogP contribution in [0, 0.1) is 10.1 Å². The van der Waals surface area contributed by atoms with Crippen molar-refractivity contribution in [2.45, 2.75) is 25.6 Å². The molecule has 15 nitrogen and oxygen atoms in total. The van der Waals surface area contributed by atoms with Gasteiger partial charge < -0.3 is 35.4 Å². The fraction of sp³-hybridized carbons (Fsp3) is 0.200. The Kier molecular flexibility index (Phi) is 12.1. The predicted octanol–water partition coefficient (Wildman–Crippen LogP) is 5.96. The molecule has 0 saturated carbocycles. The molecule has 0 fully saturated rings. The van der Waals surface area contributed by atoms with Crippen LogP contribution in [0.3, 0.4) is 0 Å². The molecule has 4 aromatic carbocycles. The topological polar surface area (TPSA) is 231 Å². The number of methoxy groups -OCH3 is 2. The molecule has 0 spiro atoms. The SMILES string of the molecule is COc1cc(CO)c(O)c(-n2nc3ccc(C(F)(F)F)cc3n2)c1.COc1cc(CO)c(O)c(N=Nc2ccc(C(F)(F)F)cc2[N+](=O)[O-])c1.[OH3+]. The molecule has 1 heterocycles. The van der Waals surface area contributed by atoms with Crippen LogP contribution in [0.25, 0.3) is 16.7 Å². The number of benzene rings is 4. The number of rotatable bonds is 8. The Balaban J connectivity index is 0.000000271. The molecule has 0 amide bonds. The molecule has 1 aromatic heterocycles. The summed E-state index contributed by atoms with van der Waals surface area (Å²) in [7, 11) is 2.73. The number of aromatic nitrogens is 3. The van der Waals surface area contributed by atoms with Crippen molar-refractivity contribution >= 4 is 28.1 Å². The zero-order valence-electron chi connectivity index (χ0n) is 26.1. The lowest BCUT2D eigenvalue weighted by Crippen LogP contribution is -2.05. The maximum absolute atomic E-state index is 12.8. The summed E-state index contributed by atoms with van der Waals surface area (Å²) in [6.45, 7) is -0.985. The number of nitro groups is 1. The number of halogens is 6. The number of aromatic hydroxyl groups is 2. The summed E-state index contributed by atoms with van der Waals surface area (Å²) in [6.07, 6.45) is -9.23. The number of hydrogen-bond acceptors (Lipinski definition) is 12. The number of hydrogen-bond donors (Lipinski definition) is 4. The maximum Gasteiger partial charge on any atom is 0.416 e. The van der Waals surface area contributed by atoms with Crippen molar-refractivity contribution in [3.05, 3.63) is 93.0 Å². The van der Waals surface area contributed by atoms with Crippen LogP contribution in [-0.4, -0.2) is 54.6 Å². The first-order valence-corrected chi connectivity index (χ1v) is 13.7. The molecule has 21 heteroatoms. The van der Waals surface area contributed by atoms with E-state index in [2.05, 4.69) is 20.4 Å². The van der Waals surface area contributed by atoms with E-state index in [1.54, 1.807) is 0 Å². The number of alkyl halides is 6. The molecule has 0 bridgehead atoms. The van der Waals surface area contributed by atoms with Gasteiger partial charge >= 0.3 is 12.4 Å². The zero-order chi connectivity index (χ0) is 37.0. The number of nitrogens with zero attached hydrogens (tertiary/aromatic N) is 6. The monoisotopic (exact) mass is 729 g/mol. The first-order chi connectivity index (χ1) is 23.5. The third-order valence-electron chi connectivity index (χ3n) is 6.78. The van der Waals surface area contributed by atoms with E-state index in [9.17, 15) is 56.9 Å². The van der Waals surface area contributed by atoms with Gasteiger partial charge in [0.15, 0.2) is 5.69 Å². The molecule has 0 aliphatic heterocycles. The highest BCUT2D eigenvalue weighted by molar-refractivity contribution is 5.75. The predicted molar refractivity (Wildman–Crippen MR) is 166 cm³/mol. The quantitative estimate of drug-likeness (QED) is 0.0481. The highest BCUT2D eigenvalue weighted by Gasteiger charge is 2.33. The lowest BCUT2D eigenvalue weighted by atomic mass is 10.1. The number of aliphatic hydroxyl groups excluding tert-OH is 2. The minimum absolute atomic E-state index is 0. The average Bonchev–Trinajstić information content (AvgIpc) is 3.50. The number of nitro benzene ring substituents is 1. The summed E-state index contributed by atoms with van der Waals surface area (Å²) in [5.41, 5.74) is -2.95. The van der Waals surface area contributed by atoms with Gasteiger partial charge in [0, 0.05) is 29.3 Å². The molecule has 0 atom stereocenters. The van der Waals surface area contributed by atoms with E-state index >= 15 is 0 Å². The number of ether oxygens (including phenoxy) is 2. The van der Waals surface area contributed by atoms with E-state index in [-0.39, 0.29) is 50.5 Å². The Morgan fingerprint density at radius 2 is 1.25 bits per heavy atom. The van der Waals surface area contributed by atoms with E-state index in [1.807, 2.05) is 0 Å². The van der Waals surface area contributed by atoms with Crippen LogP contribution in [0.1, 0.15) is 22.3 Å². The molecule has 0 radical (unpaired) electrons. The molecular formula is C30H27F6N6O9+. The first-order valence-electron chi connectivity index (χ1n) is 13.7. The molecule has 0 unspecified atom stereocenters. The molecule has 5 rings (SSSR count). The summed E-state index contributed by atoms with van der Waals surface area (Å²) in [5, 5.41) is 64.8. The van der Waals surface area contributed by atoms with Crippen LogP contribution >= 0.6 is 0 Å². The summed E-state index contributed by atoms with van der Waals surface area (Å²) in [5.74, 6) is -0.159. The van der Waals surface area contributed by atoms with Crippen LogP contribution in [0.5, 0.6) is 23.0 Å². The summed E-state index contributed by atoms with van der Waals surface area (Å²) >= 11 is 0. The van der Waals surface area contributed by atoms with Gasteiger partial charge in [0.1, 0.15) is 45.4 Å². The highest BCUT2D eigenvalue weighted by atomic mass is 19.4. The van der Waals surface area contributed by atoms with Gasteiger partial charge in [-0.15, -0.1) is 25.2 Å². The minimum atomic E-state index is -4.75. The van der Waals surface area contributed by atoms with Crippen molar-refractivity contribution in [3.63, 3.8) is 0 Å². The Morgan fingerprint density at radius 1 is 0.745 bits per heavy atom. The third-order valence-corrected chi connectivity index (χ3v) is 6.78. The molecule has 272 valence electrons. The molecule has 0 saturated heterocycles. The number of azo groups is 1. The molecule has 51 heavy (non-hydrogen) atoms. The largest absolute Gasteiger partial charge is 0.505 e. The smallest absolute Gasteiger partial charge is 0.416 e. The first kappa shape index (κ1) is 39.4. The van der Waals surface area contributed by atoms with E-state index in [0.29, 0.717) is 17.9 Å². The van der Waals surface area contributed by atoms with E-state index in [4.69, 9.17) is 9.47 Å². The van der Waals surface area contributed by atoms with Crippen molar-refractivity contribution in [1.82, 2.24) is 15.0 Å². The van der Waals surface area contributed by atoms with Gasteiger partial charge in [-0.3, -0.25) is 10.1 Å². The second kappa shape index (κ2) is 15.7. The van der Waals surface area contributed by atoms with Gasteiger partial charge in [0.2, 0.25) is 0 Å². The molecule has 5 aromatic rings. The second-order valence-electron chi connectivity index (χ2n) is 9.97.